The second kappa shape index (κ2) is 4.41. The van der Waals surface area contributed by atoms with Crippen LogP contribution in [0.1, 0.15) is 46.1 Å². The van der Waals surface area contributed by atoms with Gasteiger partial charge >= 0.3 is 0 Å². The van der Waals surface area contributed by atoms with Crippen LogP contribution in [0.5, 0.6) is 0 Å². The Kier molecular flexibility index (Phi) is 3.26. The average molecular weight is 232 g/mol. The summed E-state index contributed by atoms with van der Waals surface area (Å²) >= 11 is 0. The van der Waals surface area contributed by atoms with Gasteiger partial charge in [-0.15, -0.1) is 0 Å². The fourth-order valence-electron chi connectivity index (χ4n) is 2.66. The topological polar surface area (TPSA) is 24.9 Å². The van der Waals surface area contributed by atoms with Crippen molar-refractivity contribution >= 4 is 0 Å². The van der Waals surface area contributed by atoms with Gasteiger partial charge in [-0.1, -0.05) is 13.0 Å². The van der Waals surface area contributed by atoms with Crippen molar-refractivity contribution in [2.45, 2.75) is 51.5 Å². The highest BCUT2D eigenvalue weighted by Gasteiger charge is 2.45. The monoisotopic (exact) mass is 232 g/mol. The quantitative estimate of drug-likeness (QED) is 0.866. The number of rotatable bonds is 3. The zero-order valence-electron chi connectivity index (χ0n) is 11.5. The van der Waals surface area contributed by atoms with Crippen LogP contribution in [0.2, 0.25) is 0 Å². The maximum Gasteiger partial charge on any atom is 0.0306 e. The van der Waals surface area contributed by atoms with E-state index < -0.39 is 0 Å². The number of hydrogen-bond acceptors (Lipinski definition) is 2. The molecule has 94 valence electrons. The summed E-state index contributed by atoms with van der Waals surface area (Å²) < 4.78 is 0. The van der Waals surface area contributed by atoms with Crippen molar-refractivity contribution in [2.24, 2.45) is 5.92 Å². The summed E-state index contributed by atoms with van der Waals surface area (Å²) in [6.07, 6.45) is 6.52. The molecular formula is C15H24N2. The fourth-order valence-corrected chi connectivity index (χ4v) is 2.66. The van der Waals surface area contributed by atoms with E-state index in [4.69, 9.17) is 0 Å². The van der Waals surface area contributed by atoms with Crippen LogP contribution >= 0.6 is 0 Å². The van der Waals surface area contributed by atoms with Crippen molar-refractivity contribution in [3.05, 3.63) is 30.1 Å². The number of nitrogens with zero attached hydrogens (tertiary/aromatic N) is 1. The third-order valence-corrected chi connectivity index (χ3v) is 4.14. The highest BCUT2D eigenvalue weighted by molar-refractivity contribution is 5.27. The average Bonchev–Trinajstić information content (AvgIpc) is 2.28. The standard InChI is InChI=1S/C15H24N2/c1-12-7-8-15(12,11-17-14(2,3)4)13-6-5-9-16-10-13/h5-6,9-10,12,17H,7-8,11H2,1-4H3. The molecule has 17 heavy (non-hydrogen) atoms. The maximum absolute atomic E-state index is 4.28. The Labute approximate surface area is 105 Å². The molecule has 1 heterocycles. The second-order valence-electron chi connectivity index (χ2n) is 6.44. The van der Waals surface area contributed by atoms with Crippen molar-refractivity contribution in [3.8, 4) is 0 Å². The van der Waals surface area contributed by atoms with Crippen molar-refractivity contribution < 1.29 is 0 Å². The number of nitrogens with one attached hydrogen (secondary N) is 1. The molecule has 2 rings (SSSR count). The molecule has 0 amide bonds. The van der Waals surface area contributed by atoms with E-state index >= 15 is 0 Å². The van der Waals surface area contributed by atoms with Crippen molar-refractivity contribution in [1.29, 1.82) is 0 Å². The van der Waals surface area contributed by atoms with Gasteiger partial charge in [0.1, 0.15) is 0 Å². The molecule has 1 aromatic heterocycles. The summed E-state index contributed by atoms with van der Waals surface area (Å²) in [5.74, 6) is 0.751. The molecule has 2 atom stereocenters. The van der Waals surface area contributed by atoms with Crippen LogP contribution in [0.3, 0.4) is 0 Å². The molecule has 1 aromatic rings. The SMILES string of the molecule is CC1CCC1(CNC(C)(C)C)c1cccnc1. The molecule has 0 spiro atoms. The minimum Gasteiger partial charge on any atom is -0.311 e. The first-order valence-corrected chi connectivity index (χ1v) is 6.60. The number of pyridine rings is 1. The zero-order valence-corrected chi connectivity index (χ0v) is 11.5. The van der Waals surface area contributed by atoms with Gasteiger partial charge in [0.25, 0.3) is 0 Å². The summed E-state index contributed by atoms with van der Waals surface area (Å²) in [4.78, 5) is 4.28. The molecule has 1 aliphatic rings. The first kappa shape index (κ1) is 12.6. The van der Waals surface area contributed by atoms with Gasteiger partial charge in [0.15, 0.2) is 0 Å². The summed E-state index contributed by atoms with van der Waals surface area (Å²) in [5, 5.41) is 3.67. The molecule has 0 aromatic carbocycles. The van der Waals surface area contributed by atoms with Gasteiger partial charge in [-0.25, -0.2) is 0 Å². The van der Waals surface area contributed by atoms with Crippen molar-refractivity contribution in [2.75, 3.05) is 6.54 Å². The zero-order chi connectivity index (χ0) is 12.5. The molecule has 1 fully saturated rings. The van der Waals surface area contributed by atoms with Gasteiger partial charge in [-0.05, 0) is 51.2 Å². The molecule has 0 aliphatic heterocycles. The van der Waals surface area contributed by atoms with Gasteiger partial charge in [0.05, 0.1) is 0 Å². The van der Waals surface area contributed by atoms with Crippen LogP contribution in [0.4, 0.5) is 0 Å². The minimum absolute atomic E-state index is 0.185. The lowest BCUT2D eigenvalue weighted by molar-refractivity contribution is 0.123. The minimum atomic E-state index is 0.185. The summed E-state index contributed by atoms with van der Waals surface area (Å²) in [5.41, 5.74) is 1.89. The van der Waals surface area contributed by atoms with E-state index in [1.54, 1.807) is 0 Å². The van der Waals surface area contributed by atoms with E-state index in [0.717, 1.165) is 12.5 Å². The van der Waals surface area contributed by atoms with Crippen LogP contribution in [0, 0.1) is 5.92 Å². The molecule has 2 nitrogen and oxygen atoms in total. The Morgan fingerprint density at radius 3 is 2.65 bits per heavy atom. The van der Waals surface area contributed by atoms with E-state index in [9.17, 15) is 0 Å². The van der Waals surface area contributed by atoms with Crippen LogP contribution in [-0.4, -0.2) is 17.1 Å². The third kappa shape index (κ3) is 2.52. The normalized spacial score (nSPS) is 28.8. The Hall–Kier alpha value is -0.890. The van der Waals surface area contributed by atoms with Gasteiger partial charge in [-0.2, -0.15) is 0 Å². The summed E-state index contributed by atoms with van der Waals surface area (Å²) in [6, 6.07) is 4.28. The smallest absolute Gasteiger partial charge is 0.0306 e. The highest BCUT2D eigenvalue weighted by Crippen LogP contribution is 2.48. The van der Waals surface area contributed by atoms with E-state index in [0.29, 0.717) is 5.41 Å². The molecule has 1 aliphatic carbocycles. The third-order valence-electron chi connectivity index (χ3n) is 4.14. The summed E-state index contributed by atoms with van der Waals surface area (Å²) in [7, 11) is 0. The van der Waals surface area contributed by atoms with E-state index in [1.165, 1.54) is 18.4 Å². The lowest BCUT2D eigenvalue weighted by Crippen LogP contribution is -2.53. The molecule has 2 unspecified atom stereocenters. The Morgan fingerprint density at radius 1 is 1.47 bits per heavy atom. The molecule has 2 heteroatoms. The number of aromatic nitrogens is 1. The van der Waals surface area contributed by atoms with Gasteiger partial charge in [0, 0.05) is 29.9 Å². The molecule has 1 N–H and O–H groups in total. The molecule has 0 saturated heterocycles. The van der Waals surface area contributed by atoms with Crippen LogP contribution in [-0.2, 0) is 5.41 Å². The van der Waals surface area contributed by atoms with E-state index in [2.05, 4.69) is 50.1 Å². The first-order chi connectivity index (χ1) is 7.94. The Bertz CT molecular complexity index is 366. The maximum atomic E-state index is 4.28. The van der Waals surface area contributed by atoms with Crippen LogP contribution in [0.15, 0.2) is 24.5 Å². The molecule has 1 saturated carbocycles. The molecule has 0 radical (unpaired) electrons. The van der Waals surface area contributed by atoms with Gasteiger partial charge in [0.2, 0.25) is 0 Å². The predicted molar refractivity (Wildman–Crippen MR) is 72.1 cm³/mol. The Morgan fingerprint density at radius 2 is 2.24 bits per heavy atom. The lowest BCUT2D eigenvalue weighted by Gasteiger charge is -2.50. The molecule has 0 bridgehead atoms. The fraction of sp³-hybridized carbons (Fsp3) is 0.667. The first-order valence-electron chi connectivity index (χ1n) is 6.60. The van der Waals surface area contributed by atoms with E-state index in [-0.39, 0.29) is 5.54 Å². The lowest BCUT2D eigenvalue weighted by atomic mass is 9.57. The largest absolute Gasteiger partial charge is 0.311 e. The van der Waals surface area contributed by atoms with Gasteiger partial charge < -0.3 is 5.32 Å². The predicted octanol–water partition coefficient (Wildman–Crippen LogP) is 3.14. The summed E-state index contributed by atoms with van der Waals surface area (Å²) in [6.45, 7) is 10.1. The number of hydrogen-bond donors (Lipinski definition) is 1. The van der Waals surface area contributed by atoms with Gasteiger partial charge in [-0.3, -0.25) is 4.98 Å². The van der Waals surface area contributed by atoms with Crippen molar-refractivity contribution in [3.63, 3.8) is 0 Å². The Balaban J connectivity index is 2.17. The van der Waals surface area contributed by atoms with Crippen LogP contribution < -0.4 is 5.32 Å². The highest BCUT2D eigenvalue weighted by atomic mass is 15.0. The van der Waals surface area contributed by atoms with Crippen molar-refractivity contribution in [1.82, 2.24) is 10.3 Å². The molecular weight excluding hydrogens is 208 g/mol. The second-order valence-corrected chi connectivity index (χ2v) is 6.44. The van der Waals surface area contributed by atoms with Crippen LogP contribution in [0.25, 0.3) is 0 Å². The van der Waals surface area contributed by atoms with E-state index in [1.807, 2.05) is 12.4 Å².